The fraction of sp³-hybridized carbons (Fsp3) is 0.400. The third-order valence-corrected chi connectivity index (χ3v) is 1.52. The van der Waals surface area contributed by atoms with E-state index >= 15 is 0 Å². The molecule has 2 N–H and O–H groups in total. The smallest absolute Gasteiger partial charge is 0.348 e. The van der Waals surface area contributed by atoms with E-state index in [1.807, 2.05) is 0 Å². The first-order valence-corrected chi connectivity index (χ1v) is 4.69. The highest BCUT2D eigenvalue weighted by Gasteiger charge is 2.04. The van der Waals surface area contributed by atoms with Crippen molar-refractivity contribution in [1.29, 1.82) is 0 Å². The molecule has 0 aliphatic carbocycles. The van der Waals surface area contributed by atoms with Crippen molar-refractivity contribution in [1.82, 2.24) is 5.06 Å². The van der Waals surface area contributed by atoms with Gasteiger partial charge in [-0.15, -0.1) is 0 Å². The molecule has 6 nitrogen and oxygen atoms in total. The summed E-state index contributed by atoms with van der Waals surface area (Å²) in [4.78, 5) is 26.9. The van der Waals surface area contributed by atoms with Gasteiger partial charge in [-0.05, 0) is 0 Å². The number of hydroxylamine groups is 2. The molecule has 0 aromatic carbocycles. The summed E-state index contributed by atoms with van der Waals surface area (Å²) in [7, 11) is -4.21. The molecule has 0 saturated carbocycles. The summed E-state index contributed by atoms with van der Waals surface area (Å²) in [6, 6.07) is 0. The molecule has 0 aromatic heterocycles. The fourth-order valence-corrected chi connectivity index (χ4v) is 0.778. The van der Waals surface area contributed by atoms with Crippen LogP contribution < -0.4 is 0 Å². The van der Waals surface area contributed by atoms with Crippen molar-refractivity contribution in [2.75, 3.05) is 6.54 Å². The topological polar surface area (TPSA) is 101 Å². The number of amides is 1. The van der Waals surface area contributed by atoms with E-state index in [4.69, 9.17) is 9.79 Å². The third-order valence-electron chi connectivity index (χ3n) is 0.922. The normalized spacial score (nSPS) is 12.0. The molecule has 0 atom stereocenters. The number of hydrogen-bond acceptors (Lipinski definition) is 3. The van der Waals surface area contributed by atoms with Crippen molar-refractivity contribution >= 4 is 13.5 Å². The van der Waals surface area contributed by atoms with Crippen molar-refractivity contribution in [2.24, 2.45) is 0 Å². The first kappa shape index (κ1) is 11.3. The van der Waals surface area contributed by atoms with Gasteiger partial charge in [0.2, 0.25) is 5.91 Å². The minimum absolute atomic E-state index is 0.0894. The zero-order valence-corrected chi connectivity index (χ0v) is 7.27. The largest absolute Gasteiger partial charge is 0.756 e. The summed E-state index contributed by atoms with van der Waals surface area (Å²) in [5, 5.41) is 10.6. The minimum atomic E-state index is -4.21. The molecule has 0 aromatic rings. The molecule has 0 aliphatic heterocycles. The number of hydrogen-bond donors (Lipinski definition) is 2. The second kappa shape index (κ2) is 4.37. The van der Waals surface area contributed by atoms with Crippen LogP contribution in [0.2, 0.25) is 0 Å². The maximum atomic E-state index is 10.5. The van der Waals surface area contributed by atoms with Crippen molar-refractivity contribution in [3.63, 3.8) is 0 Å². The van der Waals surface area contributed by atoms with Crippen molar-refractivity contribution in [3.05, 3.63) is 17.1 Å². The molecule has 0 saturated heterocycles. The van der Waals surface area contributed by atoms with Gasteiger partial charge in [-0.1, -0.05) is 6.08 Å². The highest BCUT2D eigenvalue weighted by molar-refractivity contribution is 7.55. The van der Waals surface area contributed by atoms with E-state index in [1.165, 1.54) is 0 Å². The van der Waals surface area contributed by atoms with E-state index in [2.05, 4.69) is 0 Å². The number of carbonyl (C=O) groups excluding carboxylic acids is 1. The molecule has 12 heavy (non-hydrogen) atoms. The minimum Gasteiger partial charge on any atom is -0.756 e. The lowest BCUT2D eigenvalue weighted by molar-refractivity contribution is -0.125. The Kier molecular flexibility index (Phi) is 4.12. The molecule has 0 radical (unpaired) electrons. The molecule has 0 rings (SSSR count). The summed E-state index contributed by atoms with van der Waals surface area (Å²) in [6.45, 7) is 0.721. The van der Waals surface area contributed by atoms with Crippen LogP contribution in [0.15, 0.2) is 11.9 Å². The first-order valence-electron chi connectivity index (χ1n) is 3.01. The van der Waals surface area contributed by atoms with Crippen LogP contribution in [0.1, 0.15) is 6.92 Å². The molecule has 0 heterocycles. The molecule has 70 valence electrons. The van der Waals surface area contributed by atoms with Crippen molar-refractivity contribution in [2.45, 2.75) is 6.92 Å². The Balaban J connectivity index is 3.92. The summed E-state index contributed by atoms with van der Waals surface area (Å²) in [5.41, 5.74) is 0. The second-order valence-corrected chi connectivity index (χ2v) is 3.53. The Morgan fingerprint density at radius 3 is 2.50 bits per heavy atom. The quantitative estimate of drug-likeness (QED) is 0.487. The molecule has 0 spiro atoms. The molecule has 0 fully saturated rings. The molecule has 0 bridgehead atoms. The van der Waals surface area contributed by atoms with Crippen LogP contribution in [-0.4, -0.2) is 27.3 Å². The summed E-state index contributed by atoms with van der Waals surface area (Å²) in [6.07, 6.45) is 0.954. The number of carbonyl (C=O) groups is 1. The van der Waals surface area contributed by atoms with Crippen molar-refractivity contribution in [3.8, 4) is 0 Å². The van der Waals surface area contributed by atoms with Crippen LogP contribution in [0, 0.1) is 5.21 Å². The Morgan fingerprint density at radius 1 is 1.67 bits per heavy atom. The van der Waals surface area contributed by atoms with Gasteiger partial charge in [-0.25, -0.2) is 0 Å². The Hall–Kier alpha value is -0.680. The molecular weight excluding hydrogens is 185 g/mol. The second-order valence-electron chi connectivity index (χ2n) is 2.05. The predicted octanol–water partition coefficient (Wildman–Crippen LogP) is 0.0241. The van der Waals surface area contributed by atoms with Gasteiger partial charge in [0, 0.05) is 19.3 Å². The van der Waals surface area contributed by atoms with E-state index in [9.17, 15) is 14.6 Å². The van der Waals surface area contributed by atoms with Crippen LogP contribution in [-0.2, 0) is 9.36 Å². The van der Waals surface area contributed by atoms with Crippen LogP contribution >= 0.6 is 7.60 Å². The van der Waals surface area contributed by atoms with Gasteiger partial charge >= 0.3 is 7.60 Å². The maximum Gasteiger partial charge on any atom is 0.348 e. The molecule has 7 heteroatoms. The van der Waals surface area contributed by atoms with Gasteiger partial charge in [0.05, 0.1) is 0 Å². The lowest BCUT2D eigenvalue weighted by Gasteiger charge is -2.24. The Bertz CT molecular complexity index is 232. The van der Waals surface area contributed by atoms with Gasteiger partial charge in [-0.3, -0.25) is 9.36 Å². The van der Waals surface area contributed by atoms with Gasteiger partial charge in [0.25, 0.3) is 0 Å². The fourth-order valence-electron chi connectivity index (χ4n) is 0.409. The first-order chi connectivity index (χ1) is 5.33. The standard InChI is InChI=1S/C5H9NO5P/c1-5(7)6(8)3-2-4-12(9,10)11/h2,4H,3H2,1H3,(H2,9,10,11)/q-1/b4-2+. The van der Waals surface area contributed by atoms with E-state index < -0.39 is 13.5 Å². The highest BCUT2D eigenvalue weighted by atomic mass is 31.2. The van der Waals surface area contributed by atoms with Crippen LogP contribution in [0.4, 0.5) is 0 Å². The van der Waals surface area contributed by atoms with Crippen LogP contribution in [0.5, 0.6) is 0 Å². The lowest BCUT2D eigenvalue weighted by Crippen LogP contribution is -2.21. The van der Waals surface area contributed by atoms with E-state index in [0.29, 0.717) is 5.82 Å². The predicted molar refractivity (Wildman–Crippen MR) is 41.9 cm³/mol. The zero-order valence-electron chi connectivity index (χ0n) is 6.38. The van der Waals surface area contributed by atoms with Crippen LogP contribution in [0.25, 0.3) is 0 Å². The summed E-state index contributed by atoms with van der Waals surface area (Å²) in [5.74, 6) is -0.119. The average molecular weight is 194 g/mol. The molecule has 0 unspecified atom stereocenters. The average Bonchev–Trinajstić information content (AvgIpc) is 1.84. The third kappa shape index (κ3) is 6.06. The highest BCUT2D eigenvalue weighted by Crippen LogP contribution is 2.35. The Labute approximate surface area is 69.2 Å². The molecule has 1 amide bonds. The number of rotatable bonds is 3. The Morgan fingerprint density at radius 2 is 2.17 bits per heavy atom. The van der Waals surface area contributed by atoms with Gasteiger partial charge in [-0.2, -0.15) is 0 Å². The summed E-state index contributed by atoms with van der Waals surface area (Å²) >= 11 is 0. The van der Waals surface area contributed by atoms with E-state index in [1.54, 1.807) is 0 Å². The van der Waals surface area contributed by atoms with E-state index in [0.717, 1.165) is 13.0 Å². The van der Waals surface area contributed by atoms with Gasteiger partial charge in [0.1, 0.15) is 0 Å². The zero-order chi connectivity index (χ0) is 9.78. The molecular formula is C5H9NO5P-. The van der Waals surface area contributed by atoms with Gasteiger partial charge in [0.15, 0.2) is 0 Å². The lowest BCUT2D eigenvalue weighted by atomic mass is 10.6. The summed E-state index contributed by atoms with van der Waals surface area (Å²) < 4.78 is 10.2. The van der Waals surface area contributed by atoms with Gasteiger partial charge < -0.3 is 20.1 Å². The molecule has 0 aliphatic rings. The maximum absolute atomic E-state index is 10.5. The van der Waals surface area contributed by atoms with Crippen molar-refractivity contribution < 1.29 is 19.1 Å². The van der Waals surface area contributed by atoms with Crippen LogP contribution in [0.3, 0.4) is 0 Å². The monoisotopic (exact) mass is 194 g/mol. The van der Waals surface area contributed by atoms with E-state index in [-0.39, 0.29) is 11.6 Å². The SMILES string of the molecule is CC(=O)N([O-])C/C=C/P(=O)(O)O. The number of nitrogens with zero attached hydrogens (tertiary/aromatic N) is 1.